The average molecular weight is 398 g/mol. The van der Waals surface area contributed by atoms with E-state index in [2.05, 4.69) is 15.8 Å². The van der Waals surface area contributed by atoms with Crippen LogP contribution in [0.15, 0.2) is 52.4 Å². The van der Waals surface area contributed by atoms with Gasteiger partial charge in [0.15, 0.2) is 5.82 Å². The lowest BCUT2D eigenvalue weighted by Gasteiger charge is -2.17. The fourth-order valence-electron chi connectivity index (χ4n) is 2.45. The van der Waals surface area contributed by atoms with Crippen LogP contribution in [-0.2, 0) is 4.79 Å². The second-order valence-corrected chi connectivity index (χ2v) is 6.99. The molecule has 3 amide bonds. The van der Waals surface area contributed by atoms with Gasteiger partial charge in [-0.05, 0) is 36.6 Å². The number of aryl methyl sites for hydroxylation is 1. The Hall–Kier alpha value is -3.46. The number of amides is 3. The van der Waals surface area contributed by atoms with E-state index in [1.165, 1.54) is 23.3 Å². The first kappa shape index (κ1) is 19.3. The summed E-state index contributed by atoms with van der Waals surface area (Å²) in [5.41, 5.74) is 0.858. The van der Waals surface area contributed by atoms with Gasteiger partial charge < -0.3 is 20.1 Å². The highest BCUT2D eigenvalue weighted by molar-refractivity contribution is 7.12. The Balaban J connectivity index is 1.61. The van der Waals surface area contributed by atoms with Crippen molar-refractivity contribution in [2.45, 2.75) is 6.92 Å². The largest absolute Gasteiger partial charge is 0.360 e. The first-order valence-corrected chi connectivity index (χ1v) is 9.24. The van der Waals surface area contributed by atoms with Gasteiger partial charge in [-0.25, -0.2) is 0 Å². The van der Waals surface area contributed by atoms with E-state index in [4.69, 9.17) is 4.52 Å². The summed E-state index contributed by atoms with van der Waals surface area (Å²) < 4.78 is 4.88. The number of hydrogen-bond acceptors (Lipinski definition) is 6. The van der Waals surface area contributed by atoms with Crippen LogP contribution in [0.1, 0.15) is 25.8 Å². The number of anilines is 2. The number of rotatable bonds is 6. The molecule has 2 aromatic heterocycles. The molecule has 8 nitrogen and oxygen atoms in total. The van der Waals surface area contributed by atoms with Gasteiger partial charge in [-0.2, -0.15) is 0 Å². The van der Waals surface area contributed by atoms with E-state index in [9.17, 15) is 14.4 Å². The summed E-state index contributed by atoms with van der Waals surface area (Å²) in [6, 6.07) is 11.7. The van der Waals surface area contributed by atoms with Crippen molar-refractivity contribution in [2.75, 3.05) is 24.2 Å². The van der Waals surface area contributed by atoms with Crippen LogP contribution in [0.4, 0.5) is 11.5 Å². The minimum absolute atomic E-state index is 0.156. The number of benzene rings is 1. The monoisotopic (exact) mass is 398 g/mol. The lowest BCUT2D eigenvalue weighted by atomic mass is 10.1. The lowest BCUT2D eigenvalue weighted by Crippen LogP contribution is -2.35. The molecule has 2 N–H and O–H groups in total. The Morgan fingerprint density at radius 3 is 2.64 bits per heavy atom. The van der Waals surface area contributed by atoms with Gasteiger partial charge in [0.1, 0.15) is 5.76 Å². The van der Waals surface area contributed by atoms with Crippen LogP contribution < -0.4 is 10.6 Å². The zero-order valence-corrected chi connectivity index (χ0v) is 16.1. The van der Waals surface area contributed by atoms with E-state index in [0.29, 0.717) is 27.7 Å². The topological polar surface area (TPSA) is 105 Å². The van der Waals surface area contributed by atoms with Gasteiger partial charge in [0.2, 0.25) is 5.91 Å². The van der Waals surface area contributed by atoms with Crippen molar-refractivity contribution in [3.8, 4) is 0 Å². The molecule has 0 aliphatic rings. The summed E-state index contributed by atoms with van der Waals surface area (Å²) in [7, 11) is 1.52. The highest BCUT2D eigenvalue weighted by Gasteiger charge is 2.17. The molecule has 2 heterocycles. The number of carbonyl (C=O) groups excluding carboxylic acids is 3. The first-order chi connectivity index (χ1) is 13.4. The number of nitrogens with zero attached hydrogens (tertiary/aromatic N) is 2. The molecular weight excluding hydrogens is 380 g/mol. The molecule has 0 bridgehead atoms. The van der Waals surface area contributed by atoms with E-state index in [-0.39, 0.29) is 18.4 Å². The Morgan fingerprint density at radius 1 is 1.14 bits per heavy atom. The van der Waals surface area contributed by atoms with Gasteiger partial charge in [0, 0.05) is 24.4 Å². The van der Waals surface area contributed by atoms with Crippen LogP contribution >= 0.6 is 11.3 Å². The molecule has 3 aromatic rings. The van der Waals surface area contributed by atoms with Crippen LogP contribution in [0.25, 0.3) is 0 Å². The SMILES string of the molecule is Cc1cc(NC(=O)CN(C)C(=O)c2cccc(NC(=O)c3cccs3)c2)no1. The maximum Gasteiger partial charge on any atom is 0.265 e. The maximum absolute atomic E-state index is 12.6. The fraction of sp³-hybridized carbons (Fsp3) is 0.158. The zero-order valence-electron chi connectivity index (χ0n) is 15.3. The van der Waals surface area contributed by atoms with E-state index in [1.807, 2.05) is 5.38 Å². The Labute approximate surface area is 165 Å². The standard InChI is InChI=1S/C19H18N4O4S/c1-12-9-16(22-27-12)21-17(24)11-23(2)19(26)13-5-3-6-14(10-13)20-18(25)15-7-4-8-28-15/h3-10H,11H2,1-2H3,(H,20,25)(H,21,22,24). The maximum atomic E-state index is 12.6. The normalized spacial score (nSPS) is 10.4. The number of thiophene rings is 1. The molecule has 0 saturated carbocycles. The van der Waals surface area contributed by atoms with Crippen LogP contribution in [-0.4, -0.2) is 41.4 Å². The molecule has 0 aliphatic heterocycles. The summed E-state index contributed by atoms with van der Waals surface area (Å²) >= 11 is 1.33. The third-order valence-corrected chi connectivity index (χ3v) is 4.60. The van der Waals surface area contributed by atoms with E-state index in [1.54, 1.807) is 49.4 Å². The second-order valence-electron chi connectivity index (χ2n) is 6.04. The van der Waals surface area contributed by atoms with Gasteiger partial charge in [0.25, 0.3) is 11.8 Å². The second kappa shape index (κ2) is 8.49. The number of hydrogen-bond donors (Lipinski definition) is 2. The van der Waals surface area contributed by atoms with E-state index >= 15 is 0 Å². The van der Waals surface area contributed by atoms with Crippen LogP contribution in [0.3, 0.4) is 0 Å². The highest BCUT2D eigenvalue weighted by Crippen LogP contribution is 2.16. The molecule has 0 unspecified atom stereocenters. The van der Waals surface area contributed by atoms with Crippen LogP contribution in [0, 0.1) is 6.92 Å². The molecule has 0 saturated heterocycles. The van der Waals surface area contributed by atoms with Gasteiger partial charge in [-0.3, -0.25) is 14.4 Å². The van der Waals surface area contributed by atoms with Gasteiger partial charge in [-0.15, -0.1) is 11.3 Å². The van der Waals surface area contributed by atoms with Gasteiger partial charge >= 0.3 is 0 Å². The van der Waals surface area contributed by atoms with E-state index < -0.39 is 5.91 Å². The summed E-state index contributed by atoms with van der Waals surface area (Å²) in [6.07, 6.45) is 0. The molecule has 0 atom stereocenters. The lowest BCUT2D eigenvalue weighted by molar-refractivity contribution is -0.116. The van der Waals surface area contributed by atoms with Crippen molar-refractivity contribution in [1.82, 2.24) is 10.1 Å². The average Bonchev–Trinajstić information content (AvgIpc) is 3.33. The van der Waals surface area contributed by atoms with Gasteiger partial charge in [0.05, 0.1) is 11.4 Å². The number of nitrogens with one attached hydrogen (secondary N) is 2. The third kappa shape index (κ3) is 4.83. The summed E-state index contributed by atoms with van der Waals surface area (Å²) in [5, 5.41) is 10.8. The van der Waals surface area contributed by atoms with Crippen LogP contribution in [0.2, 0.25) is 0 Å². The molecule has 0 aliphatic carbocycles. The molecule has 1 aromatic carbocycles. The predicted molar refractivity (Wildman–Crippen MR) is 106 cm³/mol. The van der Waals surface area contributed by atoms with E-state index in [0.717, 1.165) is 0 Å². The summed E-state index contributed by atoms with van der Waals surface area (Å²) in [4.78, 5) is 38.7. The molecule has 28 heavy (non-hydrogen) atoms. The fourth-order valence-corrected chi connectivity index (χ4v) is 3.06. The van der Waals surface area contributed by atoms with Crippen molar-refractivity contribution in [3.05, 3.63) is 64.0 Å². The highest BCUT2D eigenvalue weighted by atomic mass is 32.1. The zero-order chi connectivity index (χ0) is 20.1. The first-order valence-electron chi connectivity index (χ1n) is 8.36. The molecule has 0 radical (unpaired) electrons. The minimum Gasteiger partial charge on any atom is -0.360 e. The van der Waals surface area contributed by atoms with Crippen LogP contribution in [0.5, 0.6) is 0 Å². The Bertz CT molecular complexity index is 997. The number of aromatic nitrogens is 1. The number of carbonyl (C=O) groups is 3. The summed E-state index contributed by atoms with van der Waals surface area (Å²) in [6.45, 7) is 1.55. The van der Waals surface area contributed by atoms with Gasteiger partial charge in [-0.1, -0.05) is 17.3 Å². The molecule has 0 spiro atoms. The van der Waals surface area contributed by atoms with Crippen molar-refractivity contribution in [2.24, 2.45) is 0 Å². The molecule has 3 rings (SSSR count). The van der Waals surface area contributed by atoms with Crippen molar-refractivity contribution < 1.29 is 18.9 Å². The molecule has 144 valence electrons. The predicted octanol–water partition coefficient (Wildman–Crippen LogP) is 3.01. The van der Waals surface area contributed by atoms with Crippen molar-refractivity contribution in [1.29, 1.82) is 0 Å². The third-order valence-electron chi connectivity index (χ3n) is 3.74. The quantitative estimate of drug-likeness (QED) is 0.664. The van der Waals surface area contributed by atoms with Crippen molar-refractivity contribution in [3.63, 3.8) is 0 Å². The molecule has 9 heteroatoms. The molecular formula is C19H18N4O4S. The smallest absolute Gasteiger partial charge is 0.265 e. The summed E-state index contributed by atoms with van der Waals surface area (Å²) in [5.74, 6) is -0.122. The Morgan fingerprint density at radius 2 is 1.96 bits per heavy atom. The molecule has 0 fully saturated rings. The minimum atomic E-state index is -0.397. The Kier molecular flexibility index (Phi) is 5.85. The number of likely N-dealkylation sites (N-methyl/N-ethyl adjacent to an activating group) is 1. The van der Waals surface area contributed by atoms with Crippen molar-refractivity contribution >= 4 is 40.6 Å².